The first kappa shape index (κ1) is 7.80. The zero-order valence-corrected chi connectivity index (χ0v) is 7.45. The summed E-state index contributed by atoms with van der Waals surface area (Å²) in [6.07, 6.45) is 5.24. The van der Waals surface area contributed by atoms with Crippen LogP contribution in [-0.2, 0) is 13.0 Å². The van der Waals surface area contributed by atoms with Crippen molar-refractivity contribution in [2.45, 2.75) is 38.8 Å². The van der Waals surface area contributed by atoms with Gasteiger partial charge in [0.15, 0.2) is 0 Å². The van der Waals surface area contributed by atoms with Crippen molar-refractivity contribution in [3.05, 3.63) is 17.7 Å². The van der Waals surface area contributed by atoms with Gasteiger partial charge in [0.2, 0.25) is 0 Å². The van der Waals surface area contributed by atoms with E-state index < -0.39 is 0 Å². The molecule has 1 aliphatic rings. The Morgan fingerprint density at radius 3 is 3.33 bits per heavy atom. The summed E-state index contributed by atoms with van der Waals surface area (Å²) in [7, 11) is 0. The average molecular weight is 165 g/mol. The average Bonchev–Trinajstić information content (AvgIpc) is 2.49. The van der Waals surface area contributed by atoms with Gasteiger partial charge in [0.25, 0.3) is 0 Å². The molecule has 12 heavy (non-hydrogen) atoms. The number of aryl methyl sites for hydroxylation is 1. The first-order valence-corrected chi connectivity index (χ1v) is 4.62. The van der Waals surface area contributed by atoms with Crippen LogP contribution in [0, 0.1) is 0 Å². The van der Waals surface area contributed by atoms with Crippen LogP contribution in [0.1, 0.15) is 37.3 Å². The zero-order chi connectivity index (χ0) is 8.55. The maximum atomic E-state index is 5.95. The maximum absolute atomic E-state index is 5.95. The molecule has 2 heterocycles. The molecule has 0 aromatic carbocycles. The summed E-state index contributed by atoms with van der Waals surface area (Å²) < 4.78 is 2.27. The van der Waals surface area contributed by atoms with Crippen LogP contribution in [0.2, 0.25) is 0 Å². The molecule has 3 heteroatoms. The number of imidazole rings is 1. The van der Waals surface area contributed by atoms with Crippen LogP contribution in [0.5, 0.6) is 0 Å². The summed E-state index contributed by atoms with van der Waals surface area (Å²) >= 11 is 0. The second-order valence-electron chi connectivity index (χ2n) is 3.35. The first-order valence-electron chi connectivity index (χ1n) is 4.62. The first-order chi connectivity index (χ1) is 5.83. The fraction of sp³-hybridized carbons (Fsp3) is 0.667. The number of nitrogens with two attached hydrogens (primary N) is 1. The third-order valence-corrected chi connectivity index (χ3v) is 2.56. The summed E-state index contributed by atoms with van der Waals surface area (Å²) in [5, 5.41) is 0. The molecule has 0 amide bonds. The van der Waals surface area contributed by atoms with Crippen LogP contribution in [0.25, 0.3) is 0 Å². The Bertz CT molecular complexity index is 277. The monoisotopic (exact) mass is 165 g/mol. The van der Waals surface area contributed by atoms with Crippen molar-refractivity contribution in [1.29, 1.82) is 0 Å². The Hall–Kier alpha value is -0.830. The largest absolute Gasteiger partial charge is 0.331 e. The van der Waals surface area contributed by atoms with Gasteiger partial charge in [-0.05, 0) is 12.8 Å². The standard InChI is InChI=1S/C9H15N3/c1-2-9-11-6-8-7(10)4-3-5-12(8)9/h6-7H,2-5,10H2,1H3. The van der Waals surface area contributed by atoms with E-state index in [1.165, 1.54) is 17.9 Å². The minimum absolute atomic E-state index is 0.214. The normalized spacial score (nSPS) is 22.3. The number of rotatable bonds is 1. The number of hydrogen-bond donors (Lipinski definition) is 1. The van der Waals surface area contributed by atoms with E-state index in [-0.39, 0.29) is 6.04 Å². The number of aromatic nitrogens is 2. The SMILES string of the molecule is CCc1ncc2n1CCCC2N. The highest BCUT2D eigenvalue weighted by Gasteiger charge is 2.18. The lowest BCUT2D eigenvalue weighted by Gasteiger charge is -2.21. The van der Waals surface area contributed by atoms with Crippen LogP contribution in [0.3, 0.4) is 0 Å². The maximum Gasteiger partial charge on any atom is 0.108 e. The molecule has 0 fully saturated rings. The molecule has 0 spiro atoms. The number of hydrogen-bond acceptors (Lipinski definition) is 2. The van der Waals surface area contributed by atoms with E-state index in [0.29, 0.717) is 0 Å². The Labute approximate surface area is 72.6 Å². The van der Waals surface area contributed by atoms with Crippen molar-refractivity contribution < 1.29 is 0 Å². The van der Waals surface area contributed by atoms with E-state index in [9.17, 15) is 0 Å². The van der Waals surface area contributed by atoms with Crippen molar-refractivity contribution in [3.8, 4) is 0 Å². The lowest BCUT2D eigenvalue weighted by atomic mass is 10.1. The van der Waals surface area contributed by atoms with Crippen molar-refractivity contribution >= 4 is 0 Å². The lowest BCUT2D eigenvalue weighted by Crippen LogP contribution is -2.22. The lowest BCUT2D eigenvalue weighted by molar-refractivity contribution is 0.453. The molecule has 0 bridgehead atoms. The van der Waals surface area contributed by atoms with Crippen molar-refractivity contribution in [3.63, 3.8) is 0 Å². The van der Waals surface area contributed by atoms with Crippen LogP contribution >= 0.6 is 0 Å². The molecule has 0 saturated carbocycles. The second-order valence-corrected chi connectivity index (χ2v) is 3.35. The molecule has 1 unspecified atom stereocenters. The number of fused-ring (bicyclic) bond motifs is 1. The molecule has 2 rings (SSSR count). The van der Waals surface area contributed by atoms with E-state index >= 15 is 0 Å². The van der Waals surface area contributed by atoms with E-state index in [0.717, 1.165) is 19.4 Å². The van der Waals surface area contributed by atoms with Gasteiger partial charge in [0.1, 0.15) is 5.82 Å². The second kappa shape index (κ2) is 2.90. The number of nitrogens with zero attached hydrogens (tertiary/aromatic N) is 2. The molecule has 1 atom stereocenters. The Balaban J connectivity index is 2.41. The Morgan fingerprint density at radius 1 is 1.75 bits per heavy atom. The topological polar surface area (TPSA) is 43.8 Å². The highest BCUT2D eigenvalue weighted by Crippen LogP contribution is 2.23. The molecular formula is C9H15N3. The molecule has 0 aliphatic carbocycles. The van der Waals surface area contributed by atoms with Crippen LogP contribution in [-0.4, -0.2) is 9.55 Å². The fourth-order valence-corrected chi connectivity index (χ4v) is 1.88. The van der Waals surface area contributed by atoms with Gasteiger partial charge in [-0.25, -0.2) is 4.98 Å². The van der Waals surface area contributed by atoms with E-state index in [1.807, 2.05) is 6.20 Å². The summed E-state index contributed by atoms with van der Waals surface area (Å²) in [5.41, 5.74) is 7.17. The highest BCUT2D eigenvalue weighted by atomic mass is 15.1. The van der Waals surface area contributed by atoms with Gasteiger partial charge >= 0.3 is 0 Å². The quantitative estimate of drug-likeness (QED) is 0.680. The fourth-order valence-electron chi connectivity index (χ4n) is 1.88. The van der Waals surface area contributed by atoms with Gasteiger partial charge in [-0.1, -0.05) is 6.92 Å². The summed E-state index contributed by atoms with van der Waals surface area (Å²) in [6.45, 7) is 3.24. The molecule has 1 aliphatic heterocycles. The molecule has 2 N–H and O–H groups in total. The van der Waals surface area contributed by atoms with E-state index in [2.05, 4.69) is 16.5 Å². The van der Waals surface area contributed by atoms with Gasteiger partial charge in [-0.2, -0.15) is 0 Å². The summed E-state index contributed by atoms with van der Waals surface area (Å²) in [4.78, 5) is 4.35. The zero-order valence-electron chi connectivity index (χ0n) is 7.45. The van der Waals surface area contributed by atoms with Gasteiger partial charge in [0, 0.05) is 19.0 Å². The highest BCUT2D eigenvalue weighted by molar-refractivity contribution is 5.11. The van der Waals surface area contributed by atoms with Gasteiger partial charge in [-0.3, -0.25) is 0 Å². The van der Waals surface area contributed by atoms with Gasteiger partial charge in [-0.15, -0.1) is 0 Å². The minimum Gasteiger partial charge on any atom is -0.331 e. The summed E-state index contributed by atoms with van der Waals surface area (Å²) in [6, 6.07) is 0.214. The van der Waals surface area contributed by atoms with Crippen LogP contribution < -0.4 is 5.73 Å². The van der Waals surface area contributed by atoms with Crippen LogP contribution in [0.4, 0.5) is 0 Å². The molecular weight excluding hydrogens is 150 g/mol. The molecule has 0 radical (unpaired) electrons. The smallest absolute Gasteiger partial charge is 0.108 e. The van der Waals surface area contributed by atoms with E-state index in [4.69, 9.17) is 5.73 Å². The predicted molar refractivity (Wildman–Crippen MR) is 47.8 cm³/mol. The van der Waals surface area contributed by atoms with Crippen molar-refractivity contribution in [1.82, 2.24) is 9.55 Å². The van der Waals surface area contributed by atoms with Crippen LogP contribution in [0.15, 0.2) is 6.20 Å². The third kappa shape index (κ3) is 1.05. The predicted octanol–water partition coefficient (Wildman–Crippen LogP) is 1.24. The molecule has 66 valence electrons. The minimum atomic E-state index is 0.214. The molecule has 1 aromatic heterocycles. The summed E-state index contributed by atoms with van der Waals surface area (Å²) in [5.74, 6) is 1.18. The Morgan fingerprint density at radius 2 is 2.58 bits per heavy atom. The Kier molecular flexibility index (Phi) is 1.89. The van der Waals surface area contributed by atoms with Crippen molar-refractivity contribution in [2.75, 3.05) is 0 Å². The molecule has 1 aromatic rings. The van der Waals surface area contributed by atoms with Gasteiger partial charge < -0.3 is 10.3 Å². The third-order valence-electron chi connectivity index (χ3n) is 2.56. The van der Waals surface area contributed by atoms with Gasteiger partial charge in [0.05, 0.1) is 11.9 Å². The van der Waals surface area contributed by atoms with E-state index in [1.54, 1.807) is 0 Å². The molecule has 0 saturated heterocycles. The van der Waals surface area contributed by atoms with Crippen molar-refractivity contribution in [2.24, 2.45) is 5.73 Å². The molecule has 3 nitrogen and oxygen atoms in total.